The molecule has 0 radical (unpaired) electrons. The second kappa shape index (κ2) is 7.71. The summed E-state index contributed by atoms with van der Waals surface area (Å²) in [6.07, 6.45) is 0.457. The molecule has 0 heterocycles. The number of fused-ring (bicyclic) bond motifs is 1. The van der Waals surface area contributed by atoms with Gasteiger partial charge in [0.25, 0.3) is 0 Å². The van der Waals surface area contributed by atoms with Crippen molar-refractivity contribution < 1.29 is 14.3 Å². The highest BCUT2D eigenvalue weighted by Crippen LogP contribution is 2.26. The first kappa shape index (κ1) is 16.8. The van der Waals surface area contributed by atoms with Crippen LogP contribution in [0.3, 0.4) is 0 Å². The summed E-state index contributed by atoms with van der Waals surface area (Å²) in [5, 5.41) is 2.22. The van der Waals surface area contributed by atoms with Crippen molar-refractivity contribution in [2.75, 3.05) is 18.9 Å². The van der Waals surface area contributed by atoms with Gasteiger partial charge in [0.1, 0.15) is 24.7 Å². The molecule has 0 saturated carbocycles. The van der Waals surface area contributed by atoms with Gasteiger partial charge in [-0.2, -0.15) is 0 Å². The molecule has 3 aromatic rings. The van der Waals surface area contributed by atoms with Crippen molar-refractivity contribution in [2.45, 2.75) is 13.3 Å². The molecule has 0 bridgehead atoms. The third-order valence-corrected chi connectivity index (χ3v) is 4.00. The number of nitrogen functional groups attached to an aromatic ring is 1. The molecular formula is C21H21NO3. The molecule has 0 aliphatic heterocycles. The molecule has 0 aromatic heterocycles. The molecule has 2 N–H and O–H groups in total. The van der Waals surface area contributed by atoms with Gasteiger partial charge in [-0.05, 0) is 29.7 Å². The van der Waals surface area contributed by atoms with Crippen LogP contribution < -0.4 is 15.2 Å². The van der Waals surface area contributed by atoms with Gasteiger partial charge >= 0.3 is 0 Å². The molecule has 3 rings (SSSR count). The smallest absolute Gasteiger partial charge is 0.162 e. The summed E-state index contributed by atoms with van der Waals surface area (Å²) in [6.45, 7) is 2.60. The van der Waals surface area contributed by atoms with Gasteiger partial charge in [0, 0.05) is 17.4 Å². The SMILES string of the molecule is CCC(=O)c1ccc(OCCOc2cccc3ccccc23)c(N)c1. The third kappa shape index (κ3) is 3.91. The van der Waals surface area contributed by atoms with E-state index < -0.39 is 0 Å². The Hall–Kier alpha value is -3.01. The first-order valence-electron chi connectivity index (χ1n) is 8.35. The Kier molecular flexibility index (Phi) is 5.19. The van der Waals surface area contributed by atoms with E-state index >= 15 is 0 Å². The number of Topliss-reactive ketones (excluding diaryl/α,β-unsaturated/α-hetero) is 1. The Morgan fingerprint density at radius 2 is 1.64 bits per heavy atom. The van der Waals surface area contributed by atoms with E-state index in [1.54, 1.807) is 18.2 Å². The molecule has 0 atom stereocenters. The van der Waals surface area contributed by atoms with E-state index in [9.17, 15) is 4.79 Å². The summed E-state index contributed by atoms with van der Waals surface area (Å²) in [6, 6.07) is 19.2. The third-order valence-electron chi connectivity index (χ3n) is 4.00. The molecule has 0 amide bonds. The van der Waals surface area contributed by atoms with Crippen molar-refractivity contribution in [3.05, 3.63) is 66.2 Å². The second-order valence-electron chi connectivity index (χ2n) is 5.70. The van der Waals surface area contributed by atoms with E-state index in [4.69, 9.17) is 15.2 Å². The van der Waals surface area contributed by atoms with Crippen molar-refractivity contribution >= 4 is 22.2 Å². The lowest BCUT2D eigenvalue weighted by Gasteiger charge is -2.12. The zero-order chi connectivity index (χ0) is 17.6. The minimum absolute atomic E-state index is 0.0672. The van der Waals surface area contributed by atoms with Crippen LogP contribution in [0.25, 0.3) is 10.8 Å². The number of ether oxygens (including phenoxy) is 2. The van der Waals surface area contributed by atoms with Crippen molar-refractivity contribution in [3.63, 3.8) is 0 Å². The van der Waals surface area contributed by atoms with Crippen LogP contribution >= 0.6 is 0 Å². The molecule has 0 spiro atoms. The lowest BCUT2D eigenvalue weighted by molar-refractivity contribution is 0.0988. The second-order valence-corrected chi connectivity index (χ2v) is 5.70. The Morgan fingerprint density at radius 1 is 0.920 bits per heavy atom. The Labute approximate surface area is 147 Å². The molecule has 25 heavy (non-hydrogen) atoms. The lowest BCUT2D eigenvalue weighted by Crippen LogP contribution is -2.10. The molecule has 0 aliphatic rings. The van der Waals surface area contributed by atoms with Gasteiger partial charge in [0.15, 0.2) is 5.78 Å². The van der Waals surface area contributed by atoms with Crippen LogP contribution in [0.1, 0.15) is 23.7 Å². The molecule has 0 unspecified atom stereocenters. The zero-order valence-corrected chi connectivity index (χ0v) is 14.2. The largest absolute Gasteiger partial charge is 0.489 e. The van der Waals surface area contributed by atoms with Crippen LogP contribution in [0.4, 0.5) is 5.69 Å². The van der Waals surface area contributed by atoms with Gasteiger partial charge in [-0.15, -0.1) is 0 Å². The number of hydrogen-bond acceptors (Lipinski definition) is 4. The van der Waals surface area contributed by atoms with Gasteiger partial charge in [-0.1, -0.05) is 43.3 Å². The zero-order valence-electron chi connectivity index (χ0n) is 14.2. The molecule has 4 nitrogen and oxygen atoms in total. The van der Waals surface area contributed by atoms with Crippen molar-refractivity contribution in [1.29, 1.82) is 0 Å². The van der Waals surface area contributed by atoms with Crippen LogP contribution in [0, 0.1) is 0 Å². The van der Waals surface area contributed by atoms with Gasteiger partial charge in [0.2, 0.25) is 0 Å². The first-order chi connectivity index (χ1) is 12.2. The number of rotatable bonds is 7. The summed E-state index contributed by atoms with van der Waals surface area (Å²) < 4.78 is 11.5. The number of anilines is 1. The number of carbonyl (C=O) groups is 1. The van der Waals surface area contributed by atoms with Crippen LogP contribution in [0.5, 0.6) is 11.5 Å². The van der Waals surface area contributed by atoms with Gasteiger partial charge in [-0.25, -0.2) is 0 Å². The monoisotopic (exact) mass is 335 g/mol. The van der Waals surface area contributed by atoms with Crippen LogP contribution in [-0.4, -0.2) is 19.0 Å². The molecule has 4 heteroatoms. The van der Waals surface area contributed by atoms with Crippen molar-refractivity contribution in [2.24, 2.45) is 0 Å². The highest BCUT2D eigenvalue weighted by atomic mass is 16.5. The summed E-state index contributed by atoms with van der Waals surface area (Å²) in [4.78, 5) is 11.7. The van der Waals surface area contributed by atoms with Crippen molar-refractivity contribution in [1.82, 2.24) is 0 Å². The predicted molar refractivity (Wildman–Crippen MR) is 100 cm³/mol. The summed E-state index contributed by atoms with van der Waals surface area (Å²) in [5.41, 5.74) is 7.04. The number of carbonyl (C=O) groups excluding carboxylic acids is 1. The van der Waals surface area contributed by atoms with Crippen LogP contribution in [0.2, 0.25) is 0 Å². The van der Waals surface area contributed by atoms with Gasteiger partial charge < -0.3 is 15.2 Å². The Bertz CT molecular complexity index is 884. The predicted octanol–water partition coefficient (Wildman–Crippen LogP) is 4.47. The molecule has 0 fully saturated rings. The lowest BCUT2D eigenvalue weighted by atomic mass is 10.1. The minimum Gasteiger partial charge on any atom is -0.489 e. The fourth-order valence-corrected chi connectivity index (χ4v) is 2.68. The van der Waals surface area contributed by atoms with Gasteiger partial charge in [0.05, 0.1) is 5.69 Å². The average molecular weight is 335 g/mol. The van der Waals surface area contributed by atoms with E-state index in [1.165, 1.54) is 0 Å². The van der Waals surface area contributed by atoms with E-state index in [0.29, 0.717) is 36.6 Å². The van der Waals surface area contributed by atoms with E-state index in [0.717, 1.165) is 16.5 Å². The quantitative estimate of drug-likeness (QED) is 0.393. The molecule has 0 aliphatic carbocycles. The minimum atomic E-state index is 0.0672. The van der Waals surface area contributed by atoms with E-state index in [-0.39, 0.29) is 5.78 Å². The number of nitrogens with two attached hydrogens (primary N) is 1. The fraction of sp³-hybridized carbons (Fsp3) is 0.190. The van der Waals surface area contributed by atoms with Crippen LogP contribution in [-0.2, 0) is 0 Å². The maximum Gasteiger partial charge on any atom is 0.162 e. The number of benzene rings is 3. The maximum atomic E-state index is 11.7. The topological polar surface area (TPSA) is 61.5 Å². The summed E-state index contributed by atoms with van der Waals surface area (Å²) >= 11 is 0. The fourth-order valence-electron chi connectivity index (χ4n) is 2.68. The number of ketones is 1. The maximum absolute atomic E-state index is 11.7. The molecule has 0 saturated heterocycles. The standard InChI is InChI=1S/C21H21NO3/c1-2-19(23)16-10-11-21(18(22)14-16)25-13-12-24-20-9-5-7-15-6-3-4-8-17(15)20/h3-11,14H,2,12-13,22H2,1H3. The average Bonchev–Trinajstić information content (AvgIpc) is 2.65. The Balaban J connectivity index is 1.59. The van der Waals surface area contributed by atoms with E-state index in [2.05, 4.69) is 12.1 Å². The first-order valence-corrected chi connectivity index (χ1v) is 8.35. The Morgan fingerprint density at radius 3 is 2.40 bits per heavy atom. The summed E-state index contributed by atoms with van der Waals surface area (Å²) in [5.74, 6) is 1.46. The van der Waals surface area contributed by atoms with Crippen molar-refractivity contribution in [3.8, 4) is 11.5 Å². The molecule has 3 aromatic carbocycles. The summed E-state index contributed by atoms with van der Waals surface area (Å²) in [7, 11) is 0. The van der Waals surface area contributed by atoms with Crippen LogP contribution in [0.15, 0.2) is 60.7 Å². The highest BCUT2D eigenvalue weighted by Gasteiger charge is 2.07. The van der Waals surface area contributed by atoms with Gasteiger partial charge in [-0.3, -0.25) is 4.79 Å². The number of hydrogen-bond donors (Lipinski definition) is 1. The molecule has 128 valence electrons. The normalized spacial score (nSPS) is 10.6. The molecular weight excluding hydrogens is 314 g/mol. The highest BCUT2D eigenvalue weighted by molar-refractivity contribution is 5.97. The van der Waals surface area contributed by atoms with E-state index in [1.807, 2.05) is 37.3 Å².